The molecule has 1 atom stereocenters. The third-order valence-electron chi connectivity index (χ3n) is 5.51. The van der Waals surface area contributed by atoms with Crippen LogP contribution in [0, 0.1) is 17.0 Å². The molecule has 1 aliphatic heterocycles. The summed E-state index contributed by atoms with van der Waals surface area (Å²) in [7, 11) is -3.68. The molecular weight excluding hydrogens is 567 g/mol. The van der Waals surface area contributed by atoms with Crippen LogP contribution >= 0.6 is 31.2 Å². The van der Waals surface area contributed by atoms with Gasteiger partial charge in [-0.1, -0.05) is 18.0 Å². The summed E-state index contributed by atoms with van der Waals surface area (Å²) in [4.78, 5) is 25.0. The molecule has 0 spiro atoms. The molecule has 0 saturated heterocycles. The number of halogens is 2. The summed E-state index contributed by atoms with van der Waals surface area (Å²) in [5, 5.41) is 28.9. The molecule has 1 aromatic heterocycles. The zero-order chi connectivity index (χ0) is 28.2. The van der Waals surface area contributed by atoms with Gasteiger partial charge in [-0.2, -0.15) is 20.8 Å². The Balaban J connectivity index is 1.77. The van der Waals surface area contributed by atoms with Crippen LogP contribution in [0.3, 0.4) is 0 Å². The standard InChI is InChI=1S/C25H24F2N5O4PS2/c1-3-36-37(35)20-11-16(32-38-2)5-7-19(20)30-24(31-37)21(23(33)22(28)15-8-9-39-13-15)25(34)29-12-14-4-6-17(26)18(27)10-14/h4-11,13,35H,3,12H2,1-2H3,(H4-,28,29,30,31,32,33,34)/p+1. The van der Waals surface area contributed by atoms with E-state index in [2.05, 4.69) is 20.1 Å². The second-order valence-corrected chi connectivity index (χ2v) is 11.5. The summed E-state index contributed by atoms with van der Waals surface area (Å²) in [6.45, 7) is 1.59. The maximum atomic E-state index is 13.7. The first kappa shape index (κ1) is 28.7. The van der Waals surface area contributed by atoms with Crippen LogP contribution in [0.5, 0.6) is 0 Å². The van der Waals surface area contributed by atoms with E-state index in [-0.39, 0.29) is 30.3 Å². The normalized spacial score (nSPS) is 16.9. The Hall–Kier alpha value is -3.35. The van der Waals surface area contributed by atoms with Gasteiger partial charge in [0.15, 0.2) is 23.2 Å². The van der Waals surface area contributed by atoms with E-state index in [1.165, 1.54) is 29.4 Å². The van der Waals surface area contributed by atoms with Crippen LogP contribution in [0.4, 0.5) is 20.2 Å². The number of hydrogen-bond donors (Lipinski definition) is 6. The molecule has 9 nitrogen and oxygen atoms in total. The lowest BCUT2D eigenvalue weighted by atomic mass is 10.1. The SMILES string of the molecule is CCO[P+]1(O)N=C(C(C(=O)NCc2ccc(F)c(F)c2)=C(O)C(=N)c2ccsc2)Nc2ccc(NSC)cc21. The van der Waals surface area contributed by atoms with Crippen LogP contribution in [-0.2, 0) is 15.9 Å². The lowest BCUT2D eigenvalue weighted by Crippen LogP contribution is -2.37. The van der Waals surface area contributed by atoms with Crippen molar-refractivity contribution in [3.8, 4) is 0 Å². The highest BCUT2D eigenvalue weighted by Gasteiger charge is 2.49. The van der Waals surface area contributed by atoms with Crippen molar-refractivity contribution in [2.75, 3.05) is 22.9 Å². The van der Waals surface area contributed by atoms with Crippen molar-refractivity contribution < 1.29 is 28.1 Å². The smallest absolute Gasteiger partial charge is 0.432 e. The summed E-state index contributed by atoms with van der Waals surface area (Å²) < 4.78 is 40.2. The molecule has 0 saturated carbocycles. The van der Waals surface area contributed by atoms with Gasteiger partial charge in [0, 0.05) is 35.5 Å². The maximum absolute atomic E-state index is 13.7. The fourth-order valence-electron chi connectivity index (χ4n) is 3.71. The number of allylic oxidation sites excluding steroid dienone is 1. The van der Waals surface area contributed by atoms with Crippen molar-refractivity contribution in [2.24, 2.45) is 4.76 Å². The number of thiophene rings is 1. The molecule has 14 heteroatoms. The largest absolute Gasteiger partial charge is 0.505 e. The Morgan fingerprint density at radius 2 is 2.03 bits per heavy atom. The van der Waals surface area contributed by atoms with Crippen molar-refractivity contribution in [3.05, 3.63) is 87.3 Å². The number of fused-ring (bicyclic) bond motifs is 1. The van der Waals surface area contributed by atoms with E-state index in [9.17, 15) is 23.6 Å². The number of amides is 1. The molecule has 1 unspecified atom stereocenters. The second-order valence-electron chi connectivity index (χ2n) is 8.12. The van der Waals surface area contributed by atoms with Gasteiger partial charge in [-0.05, 0) is 53.0 Å². The third-order valence-corrected chi connectivity index (χ3v) is 8.72. The number of nitrogens with one attached hydrogen (secondary N) is 4. The lowest BCUT2D eigenvalue weighted by Gasteiger charge is -2.24. The van der Waals surface area contributed by atoms with Gasteiger partial charge in [0.05, 0.1) is 12.3 Å². The van der Waals surface area contributed by atoms with Gasteiger partial charge in [-0.15, -0.1) is 0 Å². The fraction of sp³-hybridized carbons (Fsp3) is 0.160. The molecule has 4 rings (SSSR count). The maximum Gasteiger partial charge on any atom is 0.432 e. The van der Waals surface area contributed by atoms with E-state index in [0.717, 1.165) is 12.1 Å². The van der Waals surface area contributed by atoms with Gasteiger partial charge < -0.3 is 20.5 Å². The summed E-state index contributed by atoms with van der Waals surface area (Å²) >= 11 is 2.67. The first-order chi connectivity index (χ1) is 18.7. The summed E-state index contributed by atoms with van der Waals surface area (Å²) in [6.07, 6.45) is 1.85. The number of aliphatic hydroxyl groups is 1. The van der Waals surface area contributed by atoms with Crippen LogP contribution in [0.1, 0.15) is 18.1 Å². The Morgan fingerprint density at radius 1 is 1.23 bits per heavy atom. The Kier molecular flexibility index (Phi) is 8.98. The van der Waals surface area contributed by atoms with Gasteiger partial charge >= 0.3 is 7.87 Å². The molecule has 0 aliphatic carbocycles. The predicted molar refractivity (Wildman–Crippen MR) is 154 cm³/mol. The molecule has 1 aliphatic rings. The van der Waals surface area contributed by atoms with E-state index in [4.69, 9.17) is 9.93 Å². The number of carbonyl (C=O) groups is 1. The molecule has 2 aromatic carbocycles. The van der Waals surface area contributed by atoms with Gasteiger partial charge in [-0.25, -0.2) is 8.78 Å². The fourth-order valence-corrected chi connectivity index (χ4v) is 6.56. The van der Waals surface area contributed by atoms with E-state index in [0.29, 0.717) is 22.2 Å². The number of amidine groups is 1. The molecule has 0 radical (unpaired) electrons. The number of hydrogen-bond acceptors (Lipinski definition) is 10. The minimum absolute atomic E-state index is 0.110. The first-order valence-electron chi connectivity index (χ1n) is 11.5. The van der Waals surface area contributed by atoms with Crippen LogP contribution in [-0.4, -0.2) is 40.3 Å². The van der Waals surface area contributed by atoms with Crippen molar-refractivity contribution in [2.45, 2.75) is 13.5 Å². The van der Waals surface area contributed by atoms with Crippen molar-refractivity contribution >= 4 is 65.3 Å². The average molecular weight is 593 g/mol. The third kappa shape index (κ3) is 6.29. The van der Waals surface area contributed by atoms with E-state index >= 15 is 0 Å². The highest BCUT2D eigenvalue weighted by Crippen LogP contribution is 2.60. The van der Waals surface area contributed by atoms with E-state index in [1.54, 1.807) is 41.9 Å². The van der Waals surface area contributed by atoms with Crippen LogP contribution < -0.4 is 20.7 Å². The number of rotatable bonds is 10. The molecule has 1 amide bonds. The number of nitrogens with zero attached hydrogens (tertiary/aromatic N) is 1. The van der Waals surface area contributed by atoms with Gasteiger partial charge in [0.25, 0.3) is 5.91 Å². The molecule has 0 bridgehead atoms. The van der Waals surface area contributed by atoms with E-state index in [1.807, 2.05) is 6.26 Å². The second kappa shape index (κ2) is 12.2. The number of benzene rings is 2. The summed E-state index contributed by atoms with van der Waals surface area (Å²) in [5.41, 5.74) is 0.956. The number of carbonyl (C=O) groups excluding carboxylic acids is 1. The first-order valence-corrected chi connectivity index (χ1v) is 15.3. The van der Waals surface area contributed by atoms with Crippen molar-refractivity contribution in [1.29, 1.82) is 5.41 Å². The summed E-state index contributed by atoms with van der Waals surface area (Å²) in [6, 6.07) is 9.90. The molecule has 39 heavy (non-hydrogen) atoms. The molecule has 6 N–H and O–H groups in total. The van der Waals surface area contributed by atoms with Crippen LogP contribution in [0.25, 0.3) is 0 Å². The average Bonchev–Trinajstić information content (AvgIpc) is 3.45. The highest BCUT2D eigenvalue weighted by atomic mass is 32.2. The molecule has 204 valence electrons. The molecular formula is C25H25F2N5O4PS2+. The number of aliphatic hydroxyl groups excluding tert-OH is 1. The molecule has 0 fully saturated rings. The molecule has 3 aromatic rings. The van der Waals surface area contributed by atoms with E-state index < -0.39 is 36.7 Å². The Morgan fingerprint density at radius 3 is 2.69 bits per heavy atom. The molecule has 2 heterocycles. The van der Waals surface area contributed by atoms with Crippen molar-refractivity contribution in [1.82, 2.24) is 5.32 Å². The summed E-state index contributed by atoms with van der Waals surface area (Å²) in [5.74, 6) is -3.87. The van der Waals surface area contributed by atoms with Gasteiger partial charge in [-0.3, -0.25) is 10.2 Å². The lowest BCUT2D eigenvalue weighted by molar-refractivity contribution is -0.117. The van der Waals surface area contributed by atoms with Crippen LogP contribution in [0.15, 0.2) is 69.3 Å². The zero-order valence-electron chi connectivity index (χ0n) is 20.8. The topological polar surface area (TPSA) is 139 Å². The van der Waals surface area contributed by atoms with Gasteiger partial charge in [0.1, 0.15) is 11.3 Å². The number of anilines is 2. The van der Waals surface area contributed by atoms with Crippen LogP contribution in [0.2, 0.25) is 0 Å². The Bertz CT molecular complexity index is 1470. The van der Waals surface area contributed by atoms with Gasteiger partial charge in [0.2, 0.25) is 5.30 Å². The predicted octanol–water partition coefficient (Wildman–Crippen LogP) is 5.15. The minimum atomic E-state index is -3.68. The Labute approximate surface area is 232 Å². The highest BCUT2D eigenvalue weighted by molar-refractivity contribution is 7.99. The monoisotopic (exact) mass is 592 g/mol. The quantitative estimate of drug-likeness (QED) is 0.0629. The zero-order valence-corrected chi connectivity index (χ0v) is 23.3. The minimum Gasteiger partial charge on any atom is -0.505 e. The van der Waals surface area contributed by atoms with Crippen molar-refractivity contribution in [3.63, 3.8) is 0 Å².